The van der Waals surface area contributed by atoms with Crippen molar-refractivity contribution in [3.63, 3.8) is 0 Å². The summed E-state index contributed by atoms with van der Waals surface area (Å²) in [6.45, 7) is 1.44. The standard InChI is InChI=1S/C15H18F2N2O3/c1-10-11(3-6-22-10)12(20)19-8-14(7-15(16,17)9-19)4-5-18(2)13(14)21/h3,6H,4-5,7-9H2,1-2H3/t14-/m0/s1. The zero-order valence-electron chi connectivity index (χ0n) is 12.6. The summed E-state index contributed by atoms with van der Waals surface area (Å²) in [5, 5.41) is 0. The van der Waals surface area contributed by atoms with Crippen LogP contribution in [0, 0.1) is 12.3 Å². The van der Waals surface area contributed by atoms with Crippen LogP contribution in [0.25, 0.3) is 0 Å². The second kappa shape index (κ2) is 4.79. The van der Waals surface area contributed by atoms with Gasteiger partial charge in [0.25, 0.3) is 11.8 Å². The van der Waals surface area contributed by atoms with Gasteiger partial charge in [-0.25, -0.2) is 8.78 Å². The van der Waals surface area contributed by atoms with E-state index in [9.17, 15) is 18.4 Å². The SMILES string of the molecule is Cc1occc1C(=O)N1CC(F)(F)C[C@@]2(CCN(C)C2=O)C1. The van der Waals surface area contributed by atoms with Crippen molar-refractivity contribution in [2.75, 3.05) is 26.7 Å². The molecule has 0 radical (unpaired) electrons. The summed E-state index contributed by atoms with van der Waals surface area (Å²) in [7, 11) is 1.61. The summed E-state index contributed by atoms with van der Waals surface area (Å²) < 4.78 is 33.4. The molecule has 2 aliphatic heterocycles. The molecule has 22 heavy (non-hydrogen) atoms. The average molecular weight is 312 g/mol. The lowest BCUT2D eigenvalue weighted by atomic mass is 9.76. The van der Waals surface area contributed by atoms with Crippen LogP contribution in [-0.4, -0.2) is 54.2 Å². The number of amides is 2. The first kappa shape index (κ1) is 15.0. The number of furan rings is 1. The molecule has 0 aliphatic carbocycles. The summed E-state index contributed by atoms with van der Waals surface area (Å²) in [4.78, 5) is 27.4. The predicted octanol–water partition coefficient (Wildman–Crippen LogP) is 1.92. The first-order chi connectivity index (χ1) is 10.2. The number of rotatable bonds is 1. The summed E-state index contributed by atoms with van der Waals surface area (Å²) in [6, 6.07) is 1.47. The molecule has 0 aromatic carbocycles. The van der Waals surface area contributed by atoms with Gasteiger partial charge >= 0.3 is 0 Å². The fourth-order valence-electron chi connectivity index (χ4n) is 3.53. The maximum Gasteiger partial charge on any atom is 0.266 e. The van der Waals surface area contributed by atoms with E-state index in [2.05, 4.69) is 0 Å². The minimum atomic E-state index is -3.06. The highest BCUT2D eigenvalue weighted by Crippen LogP contribution is 2.45. The summed E-state index contributed by atoms with van der Waals surface area (Å²) >= 11 is 0. The van der Waals surface area contributed by atoms with Crippen LogP contribution in [0.5, 0.6) is 0 Å². The lowest BCUT2D eigenvalue weighted by Crippen LogP contribution is -2.57. The van der Waals surface area contributed by atoms with E-state index in [-0.39, 0.29) is 18.0 Å². The second-order valence-electron chi connectivity index (χ2n) is 6.34. The number of alkyl halides is 2. The largest absolute Gasteiger partial charge is 0.469 e. The highest BCUT2D eigenvalue weighted by atomic mass is 19.3. The molecule has 120 valence electrons. The number of carbonyl (C=O) groups is 2. The molecule has 5 nitrogen and oxygen atoms in total. The van der Waals surface area contributed by atoms with Gasteiger partial charge in [0.05, 0.1) is 23.8 Å². The second-order valence-corrected chi connectivity index (χ2v) is 6.34. The number of likely N-dealkylation sites (tertiary alicyclic amines) is 2. The Bertz CT molecular complexity index is 628. The highest BCUT2D eigenvalue weighted by Gasteiger charge is 2.57. The first-order valence-electron chi connectivity index (χ1n) is 7.21. The van der Waals surface area contributed by atoms with Crippen LogP contribution in [0.1, 0.15) is 29.0 Å². The van der Waals surface area contributed by atoms with E-state index in [0.717, 1.165) is 4.90 Å². The maximum atomic E-state index is 14.2. The third-order valence-corrected chi connectivity index (χ3v) is 4.62. The number of aryl methyl sites for hydroxylation is 1. The van der Waals surface area contributed by atoms with Crippen molar-refractivity contribution in [3.8, 4) is 0 Å². The van der Waals surface area contributed by atoms with Crippen molar-refractivity contribution in [1.82, 2.24) is 9.80 Å². The molecule has 1 aromatic heterocycles. The van der Waals surface area contributed by atoms with Crippen molar-refractivity contribution in [2.45, 2.75) is 25.7 Å². The molecular weight excluding hydrogens is 294 g/mol. The zero-order chi connectivity index (χ0) is 16.1. The fraction of sp³-hybridized carbons (Fsp3) is 0.600. The molecule has 0 unspecified atom stereocenters. The molecule has 3 rings (SSSR count). The van der Waals surface area contributed by atoms with Crippen molar-refractivity contribution >= 4 is 11.8 Å². The van der Waals surface area contributed by atoms with E-state index >= 15 is 0 Å². The monoisotopic (exact) mass is 312 g/mol. The summed E-state index contributed by atoms with van der Waals surface area (Å²) in [5.74, 6) is -3.48. The van der Waals surface area contributed by atoms with E-state index in [1.807, 2.05) is 0 Å². The Morgan fingerprint density at radius 1 is 1.36 bits per heavy atom. The Hall–Kier alpha value is -1.92. The van der Waals surface area contributed by atoms with E-state index < -0.39 is 30.2 Å². The molecule has 2 amide bonds. The van der Waals surface area contributed by atoms with Crippen LogP contribution in [0.2, 0.25) is 0 Å². The molecule has 0 saturated carbocycles. The van der Waals surface area contributed by atoms with Crippen LogP contribution in [0.3, 0.4) is 0 Å². The molecular formula is C15H18F2N2O3. The Morgan fingerprint density at radius 2 is 2.09 bits per heavy atom. The van der Waals surface area contributed by atoms with Gasteiger partial charge in [0.15, 0.2) is 0 Å². The van der Waals surface area contributed by atoms with Gasteiger partial charge in [-0.05, 0) is 19.4 Å². The van der Waals surface area contributed by atoms with Crippen molar-refractivity contribution in [3.05, 3.63) is 23.7 Å². The molecule has 2 saturated heterocycles. The van der Waals surface area contributed by atoms with Crippen molar-refractivity contribution in [1.29, 1.82) is 0 Å². The van der Waals surface area contributed by atoms with E-state index in [1.54, 1.807) is 14.0 Å². The molecule has 0 N–H and O–H groups in total. The van der Waals surface area contributed by atoms with Gasteiger partial charge in [0.1, 0.15) is 5.76 Å². The molecule has 7 heteroatoms. The Labute approximate surface area is 126 Å². The highest BCUT2D eigenvalue weighted by molar-refractivity contribution is 5.96. The van der Waals surface area contributed by atoms with Gasteiger partial charge in [-0.3, -0.25) is 9.59 Å². The fourth-order valence-corrected chi connectivity index (χ4v) is 3.53. The number of piperidine rings is 1. The van der Waals surface area contributed by atoms with Gasteiger partial charge in [0, 0.05) is 26.6 Å². The predicted molar refractivity (Wildman–Crippen MR) is 73.6 cm³/mol. The maximum absolute atomic E-state index is 14.2. The molecule has 1 spiro atoms. The molecule has 0 bridgehead atoms. The van der Waals surface area contributed by atoms with Gasteiger partial charge < -0.3 is 14.2 Å². The van der Waals surface area contributed by atoms with E-state index in [4.69, 9.17) is 4.42 Å². The van der Waals surface area contributed by atoms with Crippen LogP contribution in [0.15, 0.2) is 16.7 Å². The zero-order valence-corrected chi connectivity index (χ0v) is 12.6. The minimum Gasteiger partial charge on any atom is -0.469 e. The molecule has 3 heterocycles. The van der Waals surface area contributed by atoms with Gasteiger partial charge in [-0.1, -0.05) is 0 Å². The van der Waals surface area contributed by atoms with Crippen LogP contribution in [0.4, 0.5) is 8.78 Å². The third kappa shape index (κ3) is 2.28. The van der Waals surface area contributed by atoms with Gasteiger partial charge in [-0.15, -0.1) is 0 Å². The Morgan fingerprint density at radius 3 is 2.64 bits per heavy atom. The minimum absolute atomic E-state index is 0.0369. The summed E-state index contributed by atoms with van der Waals surface area (Å²) in [5.41, 5.74) is -0.893. The topological polar surface area (TPSA) is 53.8 Å². The van der Waals surface area contributed by atoms with Crippen molar-refractivity contribution in [2.24, 2.45) is 5.41 Å². The normalized spacial score (nSPS) is 27.7. The van der Waals surface area contributed by atoms with Crippen molar-refractivity contribution < 1.29 is 22.8 Å². The smallest absolute Gasteiger partial charge is 0.266 e. The average Bonchev–Trinajstić information content (AvgIpc) is 2.96. The van der Waals surface area contributed by atoms with Gasteiger partial charge in [-0.2, -0.15) is 0 Å². The Kier molecular flexibility index (Phi) is 3.27. The number of halogens is 2. The lowest BCUT2D eigenvalue weighted by molar-refractivity contribution is -0.150. The van der Waals surface area contributed by atoms with Crippen LogP contribution < -0.4 is 0 Å². The quantitative estimate of drug-likeness (QED) is 0.796. The molecule has 2 fully saturated rings. The molecule has 1 aromatic rings. The third-order valence-electron chi connectivity index (χ3n) is 4.62. The van der Waals surface area contributed by atoms with Crippen LogP contribution >= 0.6 is 0 Å². The number of hydrogen-bond donors (Lipinski definition) is 0. The molecule has 2 aliphatic rings. The van der Waals surface area contributed by atoms with E-state index in [1.165, 1.54) is 17.2 Å². The number of nitrogens with zero attached hydrogens (tertiary/aromatic N) is 2. The Balaban J connectivity index is 1.91. The lowest BCUT2D eigenvalue weighted by Gasteiger charge is -2.42. The van der Waals surface area contributed by atoms with E-state index in [0.29, 0.717) is 18.7 Å². The van der Waals surface area contributed by atoms with Crippen LogP contribution in [-0.2, 0) is 4.79 Å². The number of hydrogen-bond acceptors (Lipinski definition) is 3. The molecule has 1 atom stereocenters. The number of carbonyl (C=O) groups excluding carboxylic acids is 2. The summed E-state index contributed by atoms with van der Waals surface area (Å²) in [6.07, 6.45) is 1.22. The first-order valence-corrected chi connectivity index (χ1v) is 7.21. The van der Waals surface area contributed by atoms with Gasteiger partial charge in [0.2, 0.25) is 5.91 Å².